The van der Waals surface area contributed by atoms with E-state index in [1.807, 2.05) is 19.0 Å². The molecular formula is C14H19F3N2O2S. The monoisotopic (exact) mass is 336 g/mol. The summed E-state index contributed by atoms with van der Waals surface area (Å²) in [5.74, 6) is 0. The van der Waals surface area contributed by atoms with Gasteiger partial charge in [-0.2, -0.15) is 13.2 Å². The molecule has 1 aliphatic heterocycles. The van der Waals surface area contributed by atoms with E-state index in [2.05, 4.69) is 0 Å². The smallest absolute Gasteiger partial charge is 0.369 e. The standard InChI is InChI=1S/C14H19F3N2O2S/c1-18(2)11-6-5-9-19(10-11)12-7-3-4-8-13(12)22(20,21)14(15,16)17/h3-4,7-8,11H,5-6,9-10H2,1-2H3/t11-/m1/s1. The molecule has 1 aromatic carbocycles. The van der Waals surface area contributed by atoms with Crippen molar-refractivity contribution in [2.24, 2.45) is 0 Å². The first-order valence-corrected chi connectivity index (χ1v) is 8.44. The van der Waals surface area contributed by atoms with Crippen molar-refractivity contribution in [3.8, 4) is 0 Å². The minimum absolute atomic E-state index is 0.131. The third-order valence-corrected chi connectivity index (χ3v) is 5.46. The Bertz CT molecular complexity index is 629. The van der Waals surface area contributed by atoms with Crippen LogP contribution in [0, 0.1) is 0 Å². The molecule has 1 heterocycles. The summed E-state index contributed by atoms with van der Waals surface area (Å²) in [6.45, 7) is 1.06. The lowest BCUT2D eigenvalue weighted by atomic mass is 10.0. The van der Waals surface area contributed by atoms with Gasteiger partial charge in [-0.05, 0) is 39.1 Å². The molecule has 8 heteroatoms. The molecule has 0 amide bonds. The van der Waals surface area contributed by atoms with Gasteiger partial charge in [-0.25, -0.2) is 8.42 Å². The van der Waals surface area contributed by atoms with Crippen LogP contribution >= 0.6 is 0 Å². The minimum atomic E-state index is -5.35. The maximum atomic E-state index is 12.9. The molecule has 0 aromatic heterocycles. The first-order valence-electron chi connectivity index (χ1n) is 6.96. The van der Waals surface area contributed by atoms with Crippen molar-refractivity contribution in [2.75, 3.05) is 32.1 Å². The molecule has 0 saturated carbocycles. The van der Waals surface area contributed by atoms with Crippen LogP contribution in [-0.2, 0) is 9.84 Å². The van der Waals surface area contributed by atoms with Gasteiger partial charge in [-0.15, -0.1) is 0 Å². The average molecular weight is 336 g/mol. The van der Waals surface area contributed by atoms with E-state index in [0.717, 1.165) is 18.9 Å². The summed E-state index contributed by atoms with van der Waals surface area (Å²) in [6, 6.07) is 5.53. The Balaban J connectivity index is 2.41. The molecule has 2 rings (SSSR count). The fraction of sp³-hybridized carbons (Fsp3) is 0.571. The molecule has 0 N–H and O–H groups in total. The Labute approximate surface area is 128 Å². The van der Waals surface area contributed by atoms with E-state index in [4.69, 9.17) is 0 Å². The molecule has 0 aliphatic carbocycles. The largest absolute Gasteiger partial charge is 0.501 e. The fourth-order valence-electron chi connectivity index (χ4n) is 2.67. The predicted octanol–water partition coefficient (Wildman–Crippen LogP) is 2.51. The van der Waals surface area contributed by atoms with Crippen molar-refractivity contribution < 1.29 is 21.6 Å². The molecule has 1 aromatic rings. The zero-order valence-corrected chi connectivity index (χ0v) is 13.3. The lowest BCUT2D eigenvalue weighted by molar-refractivity contribution is -0.0435. The second kappa shape index (κ2) is 6.08. The number of benzene rings is 1. The molecular weight excluding hydrogens is 317 g/mol. The maximum Gasteiger partial charge on any atom is 0.501 e. The zero-order valence-electron chi connectivity index (χ0n) is 12.5. The number of para-hydroxylation sites is 1. The number of piperidine rings is 1. The highest BCUT2D eigenvalue weighted by Gasteiger charge is 2.48. The second-order valence-corrected chi connectivity index (χ2v) is 7.53. The van der Waals surface area contributed by atoms with Crippen LogP contribution in [0.2, 0.25) is 0 Å². The Hall–Kier alpha value is -1.28. The van der Waals surface area contributed by atoms with Crippen molar-refractivity contribution in [1.29, 1.82) is 0 Å². The number of nitrogens with zero attached hydrogens (tertiary/aromatic N) is 2. The summed E-state index contributed by atoms with van der Waals surface area (Å²) in [7, 11) is -1.53. The van der Waals surface area contributed by atoms with Gasteiger partial charge in [0.2, 0.25) is 0 Å². The molecule has 124 valence electrons. The first kappa shape index (κ1) is 17.1. The van der Waals surface area contributed by atoms with E-state index in [1.54, 1.807) is 11.0 Å². The number of hydrogen-bond acceptors (Lipinski definition) is 4. The summed E-state index contributed by atoms with van der Waals surface area (Å²) in [4.78, 5) is 3.07. The van der Waals surface area contributed by atoms with E-state index in [-0.39, 0.29) is 11.7 Å². The highest BCUT2D eigenvalue weighted by atomic mass is 32.2. The van der Waals surface area contributed by atoms with Crippen LogP contribution in [-0.4, -0.2) is 52.1 Å². The SMILES string of the molecule is CN(C)[C@@H]1CCCN(c2ccccc2S(=O)(=O)C(F)(F)F)C1. The first-order chi connectivity index (χ1) is 10.1. The van der Waals surface area contributed by atoms with Gasteiger partial charge >= 0.3 is 5.51 Å². The Kier molecular flexibility index (Phi) is 4.72. The summed E-state index contributed by atoms with van der Waals surface area (Å²) in [6.07, 6.45) is 1.75. The number of anilines is 1. The molecule has 1 aliphatic rings. The van der Waals surface area contributed by atoms with Crippen LogP contribution < -0.4 is 4.90 Å². The van der Waals surface area contributed by atoms with Gasteiger partial charge in [0.25, 0.3) is 9.84 Å². The van der Waals surface area contributed by atoms with Gasteiger partial charge in [0.05, 0.1) is 10.6 Å². The van der Waals surface area contributed by atoms with Gasteiger partial charge in [0, 0.05) is 19.1 Å². The van der Waals surface area contributed by atoms with Crippen molar-refractivity contribution >= 4 is 15.5 Å². The number of halogens is 3. The van der Waals surface area contributed by atoms with Crippen LogP contribution in [0.25, 0.3) is 0 Å². The summed E-state index contributed by atoms with van der Waals surface area (Å²) < 4.78 is 62.1. The Morgan fingerprint density at radius 2 is 1.86 bits per heavy atom. The molecule has 0 bridgehead atoms. The highest BCUT2D eigenvalue weighted by Crippen LogP contribution is 2.36. The van der Waals surface area contributed by atoms with Crippen LogP contribution in [0.15, 0.2) is 29.2 Å². The lowest BCUT2D eigenvalue weighted by Crippen LogP contribution is -2.45. The van der Waals surface area contributed by atoms with E-state index >= 15 is 0 Å². The summed E-state index contributed by atoms with van der Waals surface area (Å²) >= 11 is 0. The molecule has 0 spiro atoms. The van der Waals surface area contributed by atoms with Crippen LogP contribution in [0.3, 0.4) is 0 Å². The number of rotatable bonds is 3. The minimum Gasteiger partial charge on any atom is -0.369 e. The molecule has 0 unspecified atom stereocenters. The van der Waals surface area contributed by atoms with Gasteiger partial charge in [-0.1, -0.05) is 12.1 Å². The van der Waals surface area contributed by atoms with Crippen molar-refractivity contribution in [1.82, 2.24) is 4.90 Å². The quantitative estimate of drug-likeness (QED) is 0.850. The van der Waals surface area contributed by atoms with E-state index in [9.17, 15) is 21.6 Å². The highest BCUT2D eigenvalue weighted by molar-refractivity contribution is 7.92. The van der Waals surface area contributed by atoms with Crippen molar-refractivity contribution in [3.05, 3.63) is 24.3 Å². The van der Waals surface area contributed by atoms with E-state index in [1.165, 1.54) is 12.1 Å². The third kappa shape index (κ3) is 3.22. The van der Waals surface area contributed by atoms with Crippen LogP contribution in [0.1, 0.15) is 12.8 Å². The molecule has 4 nitrogen and oxygen atoms in total. The molecule has 1 atom stereocenters. The molecule has 1 fully saturated rings. The summed E-state index contributed by atoms with van der Waals surface area (Å²) in [5.41, 5.74) is -5.16. The van der Waals surface area contributed by atoms with Gasteiger partial charge in [0.15, 0.2) is 0 Å². The second-order valence-electron chi connectivity index (χ2n) is 5.62. The van der Waals surface area contributed by atoms with Gasteiger partial charge in [0.1, 0.15) is 0 Å². The zero-order chi connectivity index (χ0) is 16.5. The average Bonchev–Trinajstić information content (AvgIpc) is 2.46. The van der Waals surface area contributed by atoms with Crippen molar-refractivity contribution in [3.63, 3.8) is 0 Å². The number of hydrogen-bond donors (Lipinski definition) is 0. The lowest BCUT2D eigenvalue weighted by Gasteiger charge is -2.38. The Morgan fingerprint density at radius 3 is 2.45 bits per heavy atom. The number of likely N-dealkylation sites (N-methyl/N-ethyl adjacent to an activating group) is 1. The molecule has 0 radical (unpaired) electrons. The van der Waals surface area contributed by atoms with Gasteiger partial charge in [-0.3, -0.25) is 0 Å². The van der Waals surface area contributed by atoms with E-state index in [0.29, 0.717) is 13.1 Å². The predicted molar refractivity (Wildman–Crippen MR) is 78.6 cm³/mol. The van der Waals surface area contributed by atoms with Gasteiger partial charge < -0.3 is 9.80 Å². The third-order valence-electron chi connectivity index (χ3n) is 3.93. The number of alkyl halides is 3. The fourth-order valence-corrected chi connectivity index (χ4v) is 3.64. The summed E-state index contributed by atoms with van der Waals surface area (Å²) in [5, 5.41) is 0. The van der Waals surface area contributed by atoms with Crippen LogP contribution in [0.4, 0.5) is 18.9 Å². The van der Waals surface area contributed by atoms with Crippen molar-refractivity contribution in [2.45, 2.75) is 29.3 Å². The molecule has 22 heavy (non-hydrogen) atoms. The normalized spacial score (nSPS) is 20.5. The topological polar surface area (TPSA) is 40.6 Å². The van der Waals surface area contributed by atoms with Crippen LogP contribution in [0.5, 0.6) is 0 Å². The number of sulfone groups is 1. The van der Waals surface area contributed by atoms with E-state index < -0.39 is 20.2 Å². The Morgan fingerprint density at radius 1 is 1.23 bits per heavy atom. The molecule has 1 saturated heterocycles. The maximum absolute atomic E-state index is 12.9.